The molecular formula is C19H26N3O5S+. The van der Waals surface area contributed by atoms with Crippen molar-refractivity contribution in [3.8, 4) is 0 Å². The maximum absolute atomic E-state index is 12.7. The Bertz CT molecular complexity index is 760. The number of hydrogen-bond donors (Lipinski definition) is 2. The molecule has 1 aromatic carbocycles. The summed E-state index contributed by atoms with van der Waals surface area (Å²) < 4.78 is 17.3. The van der Waals surface area contributed by atoms with Gasteiger partial charge in [-0.05, 0) is 32.3 Å². The Balaban J connectivity index is 2.90. The molecule has 0 aromatic heterocycles. The highest BCUT2D eigenvalue weighted by atomic mass is 32.2. The number of rotatable bonds is 11. The maximum Gasteiger partial charge on any atom is 0.372 e. The van der Waals surface area contributed by atoms with Gasteiger partial charge in [0.2, 0.25) is 11.7 Å². The molecule has 152 valence electrons. The largest absolute Gasteiger partial charge is 0.461 e. The molecule has 0 spiro atoms. The van der Waals surface area contributed by atoms with E-state index in [1.807, 2.05) is 30.3 Å². The molecule has 0 fully saturated rings. The molecule has 0 saturated carbocycles. The summed E-state index contributed by atoms with van der Waals surface area (Å²) in [5, 5.41) is 1.73. The van der Waals surface area contributed by atoms with Crippen molar-refractivity contribution in [2.45, 2.75) is 50.5 Å². The normalized spacial score (nSPS) is 13.7. The van der Waals surface area contributed by atoms with Gasteiger partial charge in [0.05, 0.1) is 16.4 Å². The number of nitrogens with zero attached hydrogens (tertiary/aromatic N) is 1. The second kappa shape index (κ2) is 11.9. The van der Waals surface area contributed by atoms with Crippen molar-refractivity contribution in [3.05, 3.63) is 35.9 Å². The van der Waals surface area contributed by atoms with E-state index in [0.717, 1.165) is 11.8 Å². The van der Waals surface area contributed by atoms with Gasteiger partial charge < -0.3 is 10.1 Å². The van der Waals surface area contributed by atoms with Gasteiger partial charge in [0.1, 0.15) is 11.3 Å². The van der Waals surface area contributed by atoms with Crippen LogP contribution in [0, 0.1) is 5.53 Å². The van der Waals surface area contributed by atoms with E-state index in [-0.39, 0.29) is 19.3 Å². The van der Waals surface area contributed by atoms with Crippen LogP contribution in [-0.2, 0) is 36.3 Å². The summed E-state index contributed by atoms with van der Waals surface area (Å²) in [5.74, 6) is -1.65. The van der Waals surface area contributed by atoms with Gasteiger partial charge in [0.25, 0.3) is 0 Å². The fourth-order valence-electron chi connectivity index (χ4n) is 2.44. The molecule has 0 bridgehead atoms. The van der Waals surface area contributed by atoms with Crippen LogP contribution in [0.3, 0.4) is 0 Å². The monoisotopic (exact) mass is 408 g/mol. The smallest absolute Gasteiger partial charge is 0.372 e. The van der Waals surface area contributed by atoms with Gasteiger partial charge >= 0.3 is 12.2 Å². The van der Waals surface area contributed by atoms with E-state index in [0.29, 0.717) is 0 Å². The highest BCUT2D eigenvalue weighted by Crippen LogP contribution is 2.10. The molecule has 0 aliphatic rings. The first-order valence-electron chi connectivity index (χ1n) is 8.84. The average Bonchev–Trinajstić information content (AvgIpc) is 2.63. The van der Waals surface area contributed by atoms with E-state index >= 15 is 0 Å². The van der Waals surface area contributed by atoms with Crippen molar-refractivity contribution in [2.24, 2.45) is 0 Å². The number of amides is 1. The number of benzene rings is 1. The van der Waals surface area contributed by atoms with Crippen molar-refractivity contribution in [1.82, 2.24) is 5.32 Å². The quantitative estimate of drug-likeness (QED) is 0.245. The van der Waals surface area contributed by atoms with Gasteiger partial charge in [0.15, 0.2) is 0 Å². The predicted octanol–water partition coefficient (Wildman–Crippen LogP) is 1.07. The number of Topliss-reactive ketones (excluding diaryl/α,β-unsaturated/α-hetero) is 1. The Morgan fingerprint density at radius 2 is 1.89 bits per heavy atom. The van der Waals surface area contributed by atoms with Crippen LogP contribution in [0.1, 0.15) is 32.3 Å². The Morgan fingerprint density at radius 1 is 1.25 bits per heavy atom. The number of hydrogen-bond acceptors (Lipinski definition) is 6. The fraction of sp³-hybridized carbons (Fsp3) is 0.474. The first-order chi connectivity index (χ1) is 13.2. The van der Waals surface area contributed by atoms with Gasteiger partial charge in [-0.25, -0.2) is 4.79 Å². The van der Waals surface area contributed by atoms with Gasteiger partial charge in [-0.1, -0.05) is 30.3 Å². The van der Waals surface area contributed by atoms with Gasteiger partial charge in [-0.3, -0.25) is 13.8 Å². The zero-order valence-corrected chi connectivity index (χ0v) is 17.0. The molecule has 0 heterocycles. The lowest BCUT2D eigenvalue weighted by Gasteiger charge is -2.21. The molecule has 2 N–H and O–H groups in total. The summed E-state index contributed by atoms with van der Waals surface area (Å²) in [6.07, 6.45) is 2.05. The number of carbonyl (C=O) groups is 3. The zero-order valence-electron chi connectivity index (χ0n) is 16.2. The summed E-state index contributed by atoms with van der Waals surface area (Å²) >= 11 is 0. The number of nitrogens with one attached hydrogen (secondary N) is 2. The molecule has 1 aromatic rings. The summed E-state index contributed by atoms with van der Waals surface area (Å²) in [6, 6.07) is 8.10. The van der Waals surface area contributed by atoms with Crippen LogP contribution in [0.15, 0.2) is 30.3 Å². The van der Waals surface area contributed by atoms with Crippen LogP contribution in [0.4, 0.5) is 0 Å². The molecule has 3 atom stereocenters. The standard InChI is InChI=1S/C19H25N3O5S/c1-13(2)27-19(25)16(10-9-15(23)12-21-20)22-18(24)17(28(3)26)11-14-7-5-4-6-8-14/h4-8,12-13,16-17,20H,9-11H2,1-3H3/p+1/t16-,17-,28?/m0/s1. The first-order valence-corrected chi connectivity index (χ1v) is 10.5. The van der Waals surface area contributed by atoms with Gasteiger partial charge in [-0.2, -0.15) is 0 Å². The van der Waals surface area contributed by atoms with E-state index in [1.54, 1.807) is 13.8 Å². The first kappa shape index (κ1) is 23.4. The van der Waals surface area contributed by atoms with Crippen LogP contribution < -0.4 is 5.32 Å². The molecule has 28 heavy (non-hydrogen) atoms. The molecule has 1 unspecified atom stereocenters. The second-order valence-electron chi connectivity index (χ2n) is 6.49. The number of ketones is 1. The molecule has 9 heteroatoms. The average molecular weight is 409 g/mol. The fourth-order valence-corrected chi connectivity index (χ4v) is 3.24. The highest BCUT2D eigenvalue weighted by Gasteiger charge is 2.29. The topological polar surface area (TPSA) is 127 Å². The van der Waals surface area contributed by atoms with Crippen LogP contribution in [0.2, 0.25) is 0 Å². The molecule has 1 rings (SSSR count). The zero-order chi connectivity index (χ0) is 21.1. The molecule has 0 saturated heterocycles. The third kappa shape index (κ3) is 8.37. The Morgan fingerprint density at radius 3 is 2.43 bits per heavy atom. The number of esters is 1. The third-order valence-electron chi connectivity index (χ3n) is 3.80. The molecule has 0 radical (unpaired) electrons. The van der Waals surface area contributed by atoms with Crippen LogP contribution in [0.5, 0.6) is 0 Å². The predicted molar refractivity (Wildman–Crippen MR) is 104 cm³/mol. The Kier molecular flexibility index (Phi) is 9.98. The minimum atomic E-state index is -1.47. The Hall–Kier alpha value is -2.64. The van der Waals surface area contributed by atoms with E-state index in [1.165, 1.54) is 6.26 Å². The van der Waals surface area contributed by atoms with Gasteiger partial charge in [-0.15, -0.1) is 0 Å². The van der Waals surface area contributed by atoms with Crippen LogP contribution in [0.25, 0.3) is 0 Å². The summed E-state index contributed by atoms with van der Waals surface area (Å²) in [4.78, 5) is 39.5. The lowest BCUT2D eigenvalue weighted by Crippen LogP contribution is -2.48. The maximum atomic E-state index is 12.7. The SMILES string of the molecule is CC(C)OC(=O)[C@H](CCC(=O)C=[N+]=N)NC(=O)[C@H](Cc1ccccc1)S(C)=O. The highest BCUT2D eigenvalue weighted by molar-refractivity contribution is 7.85. The molecule has 0 aliphatic carbocycles. The van der Waals surface area contributed by atoms with E-state index in [2.05, 4.69) is 10.1 Å². The third-order valence-corrected chi connectivity index (χ3v) is 4.98. The van der Waals surface area contributed by atoms with Crippen LogP contribution in [-0.4, -0.2) is 56.5 Å². The van der Waals surface area contributed by atoms with E-state index in [4.69, 9.17) is 10.3 Å². The second-order valence-corrected chi connectivity index (χ2v) is 8.05. The van der Waals surface area contributed by atoms with E-state index < -0.39 is 45.9 Å². The number of ether oxygens (including phenoxy) is 1. The van der Waals surface area contributed by atoms with Crippen molar-refractivity contribution in [3.63, 3.8) is 0 Å². The molecule has 8 nitrogen and oxygen atoms in total. The van der Waals surface area contributed by atoms with Crippen molar-refractivity contribution in [2.75, 3.05) is 6.26 Å². The molecular weight excluding hydrogens is 382 g/mol. The minimum absolute atomic E-state index is 0.00342. The summed E-state index contributed by atoms with van der Waals surface area (Å²) in [5.41, 5.74) is 7.52. The Labute approximate surface area is 166 Å². The van der Waals surface area contributed by atoms with Crippen LogP contribution >= 0.6 is 0 Å². The minimum Gasteiger partial charge on any atom is -0.461 e. The molecule has 0 aliphatic heterocycles. The lowest BCUT2D eigenvalue weighted by molar-refractivity contribution is -0.151. The van der Waals surface area contributed by atoms with Gasteiger partial charge in [0, 0.05) is 23.5 Å². The lowest BCUT2D eigenvalue weighted by atomic mass is 10.1. The van der Waals surface area contributed by atoms with E-state index in [9.17, 15) is 18.6 Å². The molecule has 1 amide bonds. The van der Waals surface area contributed by atoms with Crippen molar-refractivity contribution < 1.29 is 28.1 Å². The van der Waals surface area contributed by atoms with Crippen molar-refractivity contribution >= 4 is 34.7 Å². The summed E-state index contributed by atoms with van der Waals surface area (Å²) in [7, 11) is -1.47. The van der Waals surface area contributed by atoms with Crippen molar-refractivity contribution in [1.29, 1.82) is 5.53 Å². The number of carbonyl (C=O) groups excluding carboxylic acids is 3. The summed E-state index contributed by atoms with van der Waals surface area (Å²) in [6.45, 7) is 3.35.